The molecule has 0 bridgehead atoms. The predicted octanol–water partition coefficient (Wildman–Crippen LogP) is 5.30. The summed E-state index contributed by atoms with van der Waals surface area (Å²) in [5.74, 6) is -0.461. The van der Waals surface area contributed by atoms with Crippen molar-refractivity contribution in [3.8, 4) is 0 Å². The van der Waals surface area contributed by atoms with Gasteiger partial charge >= 0.3 is 0 Å². The Kier molecular flexibility index (Phi) is 6.93. The van der Waals surface area contributed by atoms with Gasteiger partial charge in [-0.25, -0.2) is 13.2 Å². The summed E-state index contributed by atoms with van der Waals surface area (Å²) >= 11 is 0. The van der Waals surface area contributed by atoms with Crippen LogP contribution in [0, 0.1) is 5.82 Å². The topological polar surface area (TPSA) is 0 Å². The second-order valence-corrected chi connectivity index (χ2v) is 3.65. The zero-order valence-corrected chi connectivity index (χ0v) is 9.69. The van der Waals surface area contributed by atoms with Gasteiger partial charge in [-0.05, 0) is 48.9 Å². The number of alkyl halides is 2. The van der Waals surface area contributed by atoms with Crippen LogP contribution in [0.3, 0.4) is 0 Å². The van der Waals surface area contributed by atoms with Crippen LogP contribution in [0.25, 0.3) is 0 Å². The van der Waals surface area contributed by atoms with Gasteiger partial charge in [0, 0.05) is 5.56 Å². The zero-order valence-electron chi connectivity index (χ0n) is 9.69. The van der Waals surface area contributed by atoms with E-state index in [0.717, 1.165) is 30.9 Å². The van der Waals surface area contributed by atoms with Gasteiger partial charge in [0.1, 0.15) is 5.82 Å². The number of benzene rings is 1. The zero-order chi connectivity index (χ0) is 12.1. The van der Waals surface area contributed by atoms with Gasteiger partial charge in [0.25, 0.3) is 6.43 Å². The number of halogens is 3. The van der Waals surface area contributed by atoms with Gasteiger partial charge < -0.3 is 0 Å². The van der Waals surface area contributed by atoms with Crippen molar-refractivity contribution in [3.05, 3.63) is 34.6 Å². The first-order chi connectivity index (χ1) is 7.68. The van der Waals surface area contributed by atoms with Gasteiger partial charge in [-0.15, -0.1) is 0 Å². The number of hydrogen-bond donors (Lipinski definition) is 0. The molecule has 0 radical (unpaired) electrons. The van der Waals surface area contributed by atoms with Crippen molar-refractivity contribution in [3.63, 3.8) is 0 Å². The van der Waals surface area contributed by atoms with Gasteiger partial charge in [-0.1, -0.05) is 21.3 Å². The maximum absolute atomic E-state index is 13.4. The Morgan fingerprint density at radius 2 is 1.65 bits per heavy atom. The van der Waals surface area contributed by atoms with Crippen molar-refractivity contribution < 1.29 is 13.2 Å². The molecule has 0 saturated carbocycles. The molecule has 1 aliphatic carbocycles. The molecular weight excluding hydrogens is 225 g/mol. The Bertz CT molecular complexity index is 346. The molecule has 0 fully saturated rings. The van der Waals surface area contributed by atoms with Crippen LogP contribution < -0.4 is 0 Å². The molecule has 0 saturated heterocycles. The van der Waals surface area contributed by atoms with E-state index in [0.29, 0.717) is 12.0 Å². The van der Waals surface area contributed by atoms with Gasteiger partial charge in [0.2, 0.25) is 0 Å². The van der Waals surface area contributed by atoms with E-state index in [2.05, 4.69) is 0 Å². The average molecular weight is 246 g/mol. The smallest absolute Gasteiger partial charge is 0.207 e. The van der Waals surface area contributed by atoms with Gasteiger partial charge in [0.15, 0.2) is 0 Å². The maximum Gasteiger partial charge on any atom is 0.263 e. The highest BCUT2D eigenvalue weighted by Crippen LogP contribution is 2.29. The molecule has 1 aliphatic rings. The molecule has 0 spiro atoms. The molecular formula is C14H21F3. The van der Waals surface area contributed by atoms with E-state index in [-0.39, 0.29) is 13.0 Å². The van der Waals surface area contributed by atoms with Gasteiger partial charge in [-0.3, -0.25) is 0 Å². The lowest BCUT2D eigenvalue weighted by atomic mass is 9.90. The Hall–Kier alpha value is -0.990. The maximum atomic E-state index is 13.4. The van der Waals surface area contributed by atoms with E-state index in [1.54, 1.807) is 0 Å². The fraction of sp³-hybridized carbons (Fsp3) is 0.571. The van der Waals surface area contributed by atoms with Crippen LogP contribution >= 0.6 is 0 Å². The molecule has 3 heteroatoms. The van der Waals surface area contributed by atoms with Crippen LogP contribution in [-0.2, 0) is 12.8 Å². The van der Waals surface area contributed by atoms with Crippen LogP contribution in [0.1, 0.15) is 57.2 Å². The van der Waals surface area contributed by atoms with Crippen LogP contribution in [0.15, 0.2) is 12.1 Å². The summed E-state index contributed by atoms with van der Waals surface area (Å²) in [6.07, 6.45) is 0.769. The largest absolute Gasteiger partial charge is 0.263 e. The van der Waals surface area contributed by atoms with Crippen LogP contribution in [0.5, 0.6) is 0 Å². The molecule has 1 aromatic carbocycles. The quantitative estimate of drug-likeness (QED) is 0.630. The van der Waals surface area contributed by atoms with E-state index in [9.17, 15) is 13.2 Å². The first-order valence-corrected chi connectivity index (χ1v) is 5.78. The second-order valence-electron chi connectivity index (χ2n) is 3.65. The molecule has 0 atom stereocenters. The summed E-state index contributed by atoms with van der Waals surface area (Å²) in [5.41, 5.74) is 1.22. The van der Waals surface area contributed by atoms with E-state index in [4.69, 9.17) is 0 Å². The summed E-state index contributed by atoms with van der Waals surface area (Å²) in [4.78, 5) is 0. The minimum atomic E-state index is -2.57. The monoisotopic (exact) mass is 246 g/mol. The Morgan fingerprint density at radius 1 is 1.06 bits per heavy atom. The molecule has 1 aromatic rings. The summed E-state index contributed by atoms with van der Waals surface area (Å²) in [7, 11) is 0. The third-order valence-corrected chi connectivity index (χ3v) is 2.69. The molecule has 98 valence electrons. The number of rotatable bonds is 1. The molecule has 0 aromatic heterocycles. The highest BCUT2D eigenvalue weighted by molar-refractivity contribution is 5.35. The number of aryl methyl sites for hydroxylation is 1. The third kappa shape index (κ3) is 3.76. The van der Waals surface area contributed by atoms with Crippen molar-refractivity contribution in [1.29, 1.82) is 0 Å². The van der Waals surface area contributed by atoms with Crippen molar-refractivity contribution >= 4 is 0 Å². The minimum absolute atomic E-state index is 0. The highest BCUT2D eigenvalue weighted by Gasteiger charge is 2.17. The minimum Gasteiger partial charge on any atom is -0.207 e. The lowest BCUT2D eigenvalue weighted by Gasteiger charge is -2.17. The summed E-state index contributed by atoms with van der Waals surface area (Å²) in [6.45, 7) is 4.00. The predicted molar refractivity (Wildman–Crippen MR) is 66.1 cm³/mol. The summed E-state index contributed by atoms with van der Waals surface area (Å²) in [5, 5.41) is 0. The lowest BCUT2D eigenvalue weighted by Crippen LogP contribution is -2.06. The van der Waals surface area contributed by atoms with Crippen molar-refractivity contribution in [2.24, 2.45) is 0 Å². The average Bonchev–Trinajstić information content (AvgIpc) is 2.31. The fourth-order valence-electron chi connectivity index (χ4n) is 1.96. The van der Waals surface area contributed by atoms with Crippen molar-refractivity contribution in [2.75, 3.05) is 0 Å². The second kappa shape index (κ2) is 7.36. The third-order valence-electron chi connectivity index (χ3n) is 2.69. The highest BCUT2D eigenvalue weighted by atomic mass is 19.3. The molecule has 2 rings (SSSR count). The molecule has 0 nitrogen and oxygen atoms in total. The first-order valence-electron chi connectivity index (χ1n) is 5.78. The number of fused-ring (bicyclic) bond motifs is 1. The Morgan fingerprint density at radius 3 is 2.24 bits per heavy atom. The van der Waals surface area contributed by atoms with Gasteiger partial charge in [0.05, 0.1) is 0 Å². The van der Waals surface area contributed by atoms with Crippen LogP contribution in [0.2, 0.25) is 0 Å². The molecule has 0 N–H and O–H groups in total. The Labute approximate surface area is 102 Å². The van der Waals surface area contributed by atoms with Crippen molar-refractivity contribution in [2.45, 2.75) is 53.4 Å². The van der Waals surface area contributed by atoms with Gasteiger partial charge in [-0.2, -0.15) is 0 Å². The normalized spacial score (nSPS) is 13.3. The Balaban J connectivity index is 0.000000811. The fourth-order valence-corrected chi connectivity index (χ4v) is 1.96. The molecule has 0 amide bonds. The SMILES string of the molecule is C.CC.Fc1cc(C(F)F)cc2c1CCCC2. The van der Waals surface area contributed by atoms with E-state index in [1.165, 1.54) is 6.07 Å². The summed E-state index contributed by atoms with van der Waals surface area (Å²) in [6, 6.07) is 2.41. The van der Waals surface area contributed by atoms with Crippen LogP contribution in [-0.4, -0.2) is 0 Å². The first kappa shape index (κ1) is 16.0. The molecule has 0 heterocycles. The molecule has 17 heavy (non-hydrogen) atoms. The van der Waals surface area contributed by atoms with E-state index >= 15 is 0 Å². The molecule has 0 aliphatic heterocycles. The van der Waals surface area contributed by atoms with E-state index < -0.39 is 12.2 Å². The standard InChI is InChI=1S/C11H11F3.C2H6.CH4/c12-10-6-8(11(13)14)5-7-3-1-2-4-9(7)10;1-2;/h5-6,11H,1-4H2;1-2H3;1H4. The van der Waals surface area contributed by atoms with Crippen LogP contribution in [0.4, 0.5) is 13.2 Å². The summed E-state index contributed by atoms with van der Waals surface area (Å²) < 4.78 is 38.1. The molecule has 0 unspecified atom stereocenters. The van der Waals surface area contributed by atoms with Crippen molar-refractivity contribution in [1.82, 2.24) is 0 Å². The van der Waals surface area contributed by atoms with E-state index in [1.807, 2.05) is 13.8 Å². The lowest BCUT2D eigenvalue weighted by molar-refractivity contribution is 0.150. The number of hydrogen-bond acceptors (Lipinski definition) is 0.